The molecule has 0 bridgehead atoms. The number of carboxylic acids is 2. The second-order valence-electron chi connectivity index (χ2n) is 8.75. The minimum atomic E-state index is -1.18. The first-order valence-corrected chi connectivity index (χ1v) is 11.8. The number of rotatable bonds is 9. The molecule has 180 valence electrons. The van der Waals surface area contributed by atoms with Gasteiger partial charge in [0, 0.05) is 35.2 Å². The standard InChI is InChI=1S/C23H31N3O6S/c1-11-4-6-14(7-5-11)9-25-21(28)16-8-15(10-24-16)33-20-12(2)18(26-19(20)23(31)32)17(13(3)27)22(29)30/h4-7,12-13,15-18,24,26-27H,8-10H2,1-3H3,(H,25,28)(H,29,30)(H,31,32)/t12-,13-,15+,16+,17-,18-/m1/s1. The monoisotopic (exact) mass is 477 g/mol. The quantitative estimate of drug-likeness (QED) is 0.307. The topological polar surface area (TPSA) is 148 Å². The number of thioether (sulfide) groups is 1. The fourth-order valence-electron chi connectivity index (χ4n) is 4.34. The molecule has 6 atom stereocenters. The molecule has 0 saturated carbocycles. The van der Waals surface area contributed by atoms with Crippen LogP contribution in [0.2, 0.25) is 0 Å². The van der Waals surface area contributed by atoms with E-state index in [-0.39, 0.29) is 22.9 Å². The lowest BCUT2D eigenvalue weighted by Crippen LogP contribution is -2.45. The lowest BCUT2D eigenvalue weighted by molar-refractivity contribution is -0.147. The summed E-state index contributed by atoms with van der Waals surface area (Å²) in [6.07, 6.45) is -0.617. The Morgan fingerprint density at radius 2 is 1.88 bits per heavy atom. The van der Waals surface area contributed by atoms with E-state index in [0.717, 1.165) is 11.1 Å². The average molecular weight is 478 g/mol. The van der Waals surface area contributed by atoms with E-state index in [4.69, 9.17) is 0 Å². The normalized spacial score (nSPS) is 26.5. The van der Waals surface area contributed by atoms with E-state index in [0.29, 0.717) is 24.4 Å². The number of amides is 1. The number of aliphatic hydroxyl groups excluding tert-OH is 1. The van der Waals surface area contributed by atoms with Gasteiger partial charge in [-0.05, 0) is 25.8 Å². The molecule has 0 spiro atoms. The number of benzene rings is 1. The highest BCUT2D eigenvalue weighted by molar-refractivity contribution is 8.03. The van der Waals surface area contributed by atoms with Crippen molar-refractivity contribution in [1.29, 1.82) is 0 Å². The van der Waals surface area contributed by atoms with Crippen molar-refractivity contribution in [3.8, 4) is 0 Å². The van der Waals surface area contributed by atoms with Gasteiger partial charge in [0.25, 0.3) is 0 Å². The summed E-state index contributed by atoms with van der Waals surface area (Å²) in [5.74, 6) is -4.01. The lowest BCUT2D eigenvalue weighted by Gasteiger charge is -2.27. The largest absolute Gasteiger partial charge is 0.481 e. The van der Waals surface area contributed by atoms with Crippen molar-refractivity contribution in [2.45, 2.75) is 57.2 Å². The predicted molar refractivity (Wildman–Crippen MR) is 124 cm³/mol. The van der Waals surface area contributed by atoms with E-state index in [2.05, 4.69) is 16.0 Å². The Hall–Kier alpha value is -2.56. The minimum Gasteiger partial charge on any atom is -0.481 e. The molecule has 3 rings (SSSR count). The first-order chi connectivity index (χ1) is 15.6. The van der Waals surface area contributed by atoms with Crippen LogP contribution in [0.3, 0.4) is 0 Å². The van der Waals surface area contributed by atoms with E-state index in [1.807, 2.05) is 31.2 Å². The van der Waals surface area contributed by atoms with Crippen molar-refractivity contribution in [2.75, 3.05) is 6.54 Å². The third-order valence-corrected chi connectivity index (χ3v) is 7.73. The van der Waals surface area contributed by atoms with Gasteiger partial charge in [0.05, 0.1) is 12.1 Å². The summed E-state index contributed by atoms with van der Waals surface area (Å²) in [5, 5.41) is 38.1. The third-order valence-electron chi connectivity index (χ3n) is 6.20. The molecule has 9 nitrogen and oxygen atoms in total. The molecule has 10 heteroatoms. The smallest absolute Gasteiger partial charge is 0.352 e. The van der Waals surface area contributed by atoms with Crippen LogP contribution in [0.5, 0.6) is 0 Å². The molecular weight excluding hydrogens is 446 g/mol. The summed E-state index contributed by atoms with van der Waals surface area (Å²) in [6.45, 7) is 6.12. The minimum absolute atomic E-state index is 0.0309. The van der Waals surface area contributed by atoms with Crippen molar-refractivity contribution in [2.24, 2.45) is 11.8 Å². The molecule has 1 aromatic rings. The Labute approximate surface area is 197 Å². The average Bonchev–Trinajstić information content (AvgIpc) is 3.33. The summed E-state index contributed by atoms with van der Waals surface area (Å²) < 4.78 is 0. The zero-order chi connectivity index (χ0) is 24.3. The van der Waals surface area contributed by atoms with Crippen LogP contribution in [0.4, 0.5) is 0 Å². The maximum absolute atomic E-state index is 12.6. The Morgan fingerprint density at radius 1 is 1.21 bits per heavy atom. The highest BCUT2D eigenvalue weighted by atomic mass is 32.2. The Morgan fingerprint density at radius 3 is 2.45 bits per heavy atom. The Balaban J connectivity index is 1.61. The molecule has 1 amide bonds. The van der Waals surface area contributed by atoms with Gasteiger partial charge in [-0.25, -0.2) is 4.79 Å². The van der Waals surface area contributed by atoms with Gasteiger partial charge in [0.15, 0.2) is 0 Å². The van der Waals surface area contributed by atoms with Crippen LogP contribution in [0.25, 0.3) is 0 Å². The van der Waals surface area contributed by atoms with E-state index in [9.17, 15) is 29.7 Å². The van der Waals surface area contributed by atoms with Crippen molar-refractivity contribution in [1.82, 2.24) is 16.0 Å². The molecule has 0 aromatic heterocycles. The maximum Gasteiger partial charge on any atom is 0.352 e. The first kappa shape index (κ1) is 25.1. The van der Waals surface area contributed by atoms with Crippen molar-refractivity contribution >= 4 is 29.6 Å². The number of aliphatic hydroxyl groups is 1. The molecule has 0 unspecified atom stereocenters. The summed E-state index contributed by atoms with van der Waals surface area (Å²) in [4.78, 5) is 36.7. The molecule has 0 aliphatic carbocycles. The highest BCUT2D eigenvalue weighted by Crippen LogP contribution is 2.41. The molecule has 2 heterocycles. The molecule has 6 N–H and O–H groups in total. The summed E-state index contributed by atoms with van der Waals surface area (Å²) in [6, 6.07) is 6.81. The molecule has 1 fully saturated rings. The van der Waals surface area contributed by atoms with Crippen molar-refractivity contribution in [3.05, 3.63) is 46.0 Å². The maximum atomic E-state index is 12.6. The SMILES string of the molecule is Cc1ccc(CNC(=O)[C@@H]2C[C@H](SC3=C(C(=O)O)N[C@@H]([C@H](C(=O)O)[C@@H](C)O)[C@H]3C)CN2)cc1. The second-order valence-corrected chi connectivity index (χ2v) is 10.1. The molecule has 2 aliphatic rings. The van der Waals surface area contributed by atoms with Crippen LogP contribution < -0.4 is 16.0 Å². The summed E-state index contributed by atoms with van der Waals surface area (Å²) in [7, 11) is 0. The zero-order valence-corrected chi connectivity index (χ0v) is 19.7. The third kappa shape index (κ3) is 5.87. The van der Waals surface area contributed by atoms with E-state index in [1.165, 1.54) is 18.7 Å². The van der Waals surface area contributed by atoms with Crippen LogP contribution in [-0.2, 0) is 20.9 Å². The van der Waals surface area contributed by atoms with Gasteiger partial charge in [0.2, 0.25) is 5.91 Å². The van der Waals surface area contributed by atoms with Gasteiger partial charge in [-0.1, -0.05) is 36.8 Å². The van der Waals surface area contributed by atoms with Crippen LogP contribution >= 0.6 is 11.8 Å². The van der Waals surface area contributed by atoms with Crippen molar-refractivity contribution in [3.63, 3.8) is 0 Å². The van der Waals surface area contributed by atoms with Gasteiger partial charge < -0.3 is 31.3 Å². The number of aryl methyl sites for hydroxylation is 1. The molecule has 1 saturated heterocycles. The summed E-state index contributed by atoms with van der Waals surface area (Å²) in [5.41, 5.74) is 2.13. The van der Waals surface area contributed by atoms with Crippen LogP contribution in [0.1, 0.15) is 31.4 Å². The van der Waals surface area contributed by atoms with Gasteiger partial charge in [-0.15, -0.1) is 11.8 Å². The van der Waals surface area contributed by atoms with Crippen LogP contribution in [0.15, 0.2) is 34.9 Å². The fourth-order valence-corrected chi connectivity index (χ4v) is 5.79. The predicted octanol–water partition coefficient (Wildman–Crippen LogP) is 1.06. The molecular formula is C23H31N3O6S. The van der Waals surface area contributed by atoms with E-state index < -0.39 is 35.9 Å². The van der Waals surface area contributed by atoms with Crippen LogP contribution in [0, 0.1) is 18.8 Å². The Kier molecular flexibility index (Phi) is 8.04. The van der Waals surface area contributed by atoms with Gasteiger partial charge >= 0.3 is 11.9 Å². The van der Waals surface area contributed by atoms with Crippen molar-refractivity contribution < 1.29 is 29.7 Å². The van der Waals surface area contributed by atoms with E-state index >= 15 is 0 Å². The number of nitrogens with one attached hydrogen (secondary N) is 3. The Bertz CT molecular complexity index is 933. The van der Waals surface area contributed by atoms with Gasteiger partial charge in [-0.2, -0.15) is 0 Å². The first-order valence-electron chi connectivity index (χ1n) is 11.0. The highest BCUT2D eigenvalue weighted by Gasteiger charge is 2.45. The van der Waals surface area contributed by atoms with E-state index in [1.54, 1.807) is 6.92 Å². The second kappa shape index (κ2) is 10.6. The molecule has 1 aromatic carbocycles. The number of carbonyl (C=O) groups is 3. The molecule has 0 radical (unpaired) electrons. The number of carboxylic acid groups (broad SMARTS) is 2. The van der Waals surface area contributed by atoms with Gasteiger partial charge in [-0.3, -0.25) is 9.59 Å². The summed E-state index contributed by atoms with van der Waals surface area (Å²) >= 11 is 1.36. The lowest BCUT2D eigenvalue weighted by atomic mass is 9.87. The fraction of sp³-hybridized carbons (Fsp3) is 0.522. The molecule has 33 heavy (non-hydrogen) atoms. The number of hydrogen-bond acceptors (Lipinski definition) is 7. The number of hydrogen-bond donors (Lipinski definition) is 6. The van der Waals surface area contributed by atoms with Crippen LogP contribution in [-0.4, -0.2) is 63.1 Å². The number of carbonyl (C=O) groups excluding carboxylic acids is 1. The zero-order valence-electron chi connectivity index (χ0n) is 18.9. The molecule has 2 aliphatic heterocycles. The van der Waals surface area contributed by atoms with Gasteiger partial charge in [0.1, 0.15) is 11.6 Å². The number of aliphatic carboxylic acids is 2.